The smallest absolute Gasteiger partial charge is 0.147 e. The average molecular weight is 385 g/mol. The van der Waals surface area contributed by atoms with Gasteiger partial charge < -0.3 is 0 Å². The zero-order chi connectivity index (χ0) is 10.7. The summed E-state index contributed by atoms with van der Waals surface area (Å²) in [4.78, 5) is 12.2. The quantitative estimate of drug-likeness (QED) is 0.444. The van der Waals surface area contributed by atoms with E-state index in [0.29, 0.717) is 0 Å². The van der Waals surface area contributed by atoms with E-state index in [1.807, 2.05) is 18.4 Å². The Kier molecular flexibility index (Phi) is 4.93. The molecule has 0 bridgehead atoms. The number of alkyl halides is 1. The second-order valence-electron chi connectivity index (χ2n) is 2.86. The highest BCUT2D eigenvalue weighted by Gasteiger charge is 2.15. The number of halogens is 2. The first-order valence-electron chi connectivity index (χ1n) is 4.04. The molecule has 1 aromatic carbocycles. The number of Topliss-reactive ketones (excluding diaryl/α,β-unsaturated/α-hetero) is 1. The van der Waals surface area contributed by atoms with E-state index in [9.17, 15) is 4.79 Å². The van der Waals surface area contributed by atoms with E-state index >= 15 is 0 Å². The Hall–Kier alpha value is 0.450. The maximum absolute atomic E-state index is 11.2. The normalized spacial score (nSPS) is 12.6. The minimum Gasteiger partial charge on any atom is -0.298 e. The fourth-order valence-corrected chi connectivity index (χ4v) is 3.36. The highest BCUT2D eigenvalue weighted by molar-refractivity contribution is 14.1. The summed E-state index contributed by atoms with van der Waals surface area (Å²) in [7, 11) is 0. The Morgan fingerprint density at radius 3 is 2.64 bits per heavy atom. The molecule has 1 nitrogen and oxygen atoms in total. The van der Waals surface area contributed by atoms with Gasteiger partial charge in [-0.05, 0) is 53.5 Å². The van der Waals surface area contributed by atoms with Crippen molar-refractivity contribution < 1.29 is 4.79 Å². The summed E-state index contributed by atoms with van der Waals surface area (Å²) in [5, 5.41) is 0. The Morgan fingerprint density at radius 2 is 2.21 bits per heavy atom. The van der Waals surface area contributed by atoms with Gasteiger partial charge in [0.25, 0.3) is 0 Å². The van der Waals surface area contributed by atoms with E-state index in [4.69, 9.17) is 0 Å². The van der Waals surface area contributed by atoms with E-state index in [0.717, 1.165) is 9.13 Å². The summed E-state index contributed by atoms with van der Waals surface area (Å²) in [6, 6.07) is 6.14. The lowest BCUT2D eigenvalue weighted by atomic mass is 10.1. The molecular formula is C10H10BrIOS. The zero-order valence-electron chi connectivity index (χ0n) is 7.88. The highest BCUT2D eigenvalue weighted by atomic mass is 127. The van der Waals surface area contributed by atoms with Gasteiger partial charge in [-0.15, -0.1) is 11.8 Å². The third-order valence-electron chi connectivity index (χ3n) is 1.84. The molecule has 4 heteroatoms. The molecule has 0 radical (unpaired) electrons. The summed E-state index contributed by atoms with van der Waals surface area (Å²) in [5.41, 5.74) is 1.05. The topological polar surface area (TPSA) is 17.1 Å². The molecule has 0 heterocycles. The maximum Gasteiger partial charge on any atom is 0.147 e. The Balaban J connectivity index is 3.05. The van der Waals surface area contributed by atoms with Crippen molar-refractivity contribution in [3.63, 3.8) is 0 Å². The van der Waals surface area contributed by atoms with Gasteiger partial charge in [0, 0.05) is 8.47 Å². The van der Waals surface area contributed by atoms with Crippen LogP contribution in [-0.4, -0.2) is 12.0 Å². The van der Waals surface area contributed by atoms with Gasteiger partial charge in [-0.25, -0.2) is 0 Å². The van der Waals surface area contributed by atoms with E-state index in [1.54, 1.807) is 18.7 Å². The lowest BCUT2D eigenvalue weighted by molar-refractivity contribution is -0.116. The molecule has 0 fully saturated rings. The Bertz CT molecular complexity index is 354. The zero-order valence-corrected chi connectivity index (χ0v) is 12.4. The molecule has 76 valence electrons. The molecule has 0 saturated heterocycles. The summed E-state index contributed by atoms with van der Waals surface area (Å²) in [6.07, 6.45) is 2.04. The second-order valence-corrected chi connectivity index (χ2v) is 5.82. The van der Waals surface area contributed by atoms with Gasteiger partial charge in [-0.1, -0.05) is 22.0 Å². The van der Waals surface area contributed by atoms with E-state index in [-0.39, 0.29) is 10.6 Å². The molecule has 0 spiro atoms. The van der Waals surface area contributed by atoms with Crippen molar-refractivity contribution in [1.29, 1.82) is 0 Å². The van der Waals surface area contributed by atoms with Crippen molar-refractivity contribution in [3.8, 4) is 0 Å². The molecule has 1 rings (SSSR count). The largest absolute Gasteiger partial charge is 0.298 e. The van der Waals surface area contributed by atoms with E-state index in [2.05, 4.69) is 44.6 Å². The van der Waals surface area contributed by atoms with Crippen LogP contribution in [0.25, 0.3) is 0 Å². The van der Waals surface area contributed by atoms with Crippen LogP contribution in [0, 0.1) is 3.57 Å². The number of ketones is 1. The Labute approximate surface area is 110 Å². The molecule has 0 saturated carbocycles. The van der Waals surface area contributed by atoms with Crippen LogP contribution in [0.1, 0.15) is 17.3 Å². The fraction of sp³-hybridized carbons (Fsp3) is 0.300. The summed E-state index contributed by atoms with van der Waals surface area (Å²) >= 11 is 7.36. The molecule has 0 aliphatic rings. The van der Waals surface area contributed by atoms with Crippen molar-refractivity contribution in [2.75, 3.05) is 6.26 Å². The van der Waals surface area contributed by atoms with Gasteiger partial charge in [0.1, 0.15) is 5.78 Å². The summed E-state index contributed by atoms with van der Waals surface area (Å²) in [6.45, 7) is 1.60. The molecule has 1 aromatic rings. The van der Waals surface area contributed by atoms with Gasteiger partial charge in [-0.2, -0.15) is 0 Å². The van der Waals surface area contributed by atoms with Crippen LogP contribution in [0.2, 0.25) is 0 Å². The first kappa shape index (κ1) is 12.5. The van der Waals surface area contributed by atoms with Crippen LogP contribution >= 0.6 is 50.3 Å². The maximum atomic E-state index is 11.2. The first-order chi connectivity index (χ1) is 6.56. The number of carbonyl (C=O) groups is 1. The Morgan fingerprint density at radius 1 is 1.57 bits per heavy atom. The molecular weight excluding hydrogens is 375 g/mol. The number of carbonyl (C=O) groups excluding carboxylic acids is 1. The van der Waals surface area contributed by atoms with E-state index < -0.39 is 0 Å². The molecule has 0 aliphatic carbocycles. The van der Waals surface area contributed by atoms with Gasteiger partial charge in [0.05, 0.1) is 4.83 Å². The lowest BCUT2D eigenvalue weighted by Crippen LogP contribution is -2.02. The highest BCUT2D eigenvalue weighted by Crippen LogP contribution is 2.30. The molecule has 0 amide bonds. The molecule has 1 unspecified atom stereocenters. The van der Waals surface area contributed by atoms with Crippen molar-refractivity contribution in [3.05, 3.63) is 27.3 Å². The summed E-state index contributed by atoms with van der Waals surface area (Å²) in [5.74, 6) is 0.139. The second kappa shape index (κ2) is 5.51. The van der Waals surface area contributed by atoms with Gasteiger partial charge in [-0.3, -0.25) is 4.79 Å². The third-order valence-corrected chi connectivity index (χ3v) is 4.64. The van der Waals surface area contributed by atoms with Gasteiger partial charge >= 0.3 is 0 Å². The van der Waals surface area contributed by atoms with Crippen LogP contribution in [0.3, 0.4) is 0 Å². The predicted octanol–water partition coefficient (Wildman–Crippen LogP) is 4.04. The van der Waals surface area contributed by atoms with Crippen molar-refractivity contribution in [1.82, 2.24) is 0 Å². The van der Waals surface area contributed by atoms with Crippen LogP contribution in [0.15, 0.2) is 23.1 Å². The van der Waals surface area contributed by atoms with Crippen LogP contribution in [-0.2, 0) is 4.79 Å². The molecule has 0 N–H and O–H groups in total. The van der Waals surface area contributed by atoms with Crippen molar-refractivity contribution >= 4 is 56.1 Å². The standard InChI is InChI=1S/C10H10BrIOS/c1-6(13)10(11)8-4-3-7(14-2)5-9(8)12/h3-5,10H,1-2H3. The van der Waals surface area contributed by atoms with Crippen LogP contribution < -0.4 is 0 Å². The van der Waals surface area contributed by atoms with Crippen LogP contribution in [0.4, 0.5) is 0 Å². The molecule has 0 aliphatic heterocycles. The van der Waals surface area contributed by atoms with Crippen molar-refractivity contribution in [2.24, 2.45) is 0 Å². The molecule has 1 atom stereocenters. The van der Waals surface area contributed by atoms with Crippen LogP contribution in [0.5, 0.6) is 0 Å². The fourth-order valence-electron chi connectivity index (χ4n) is 1.06. The minimum atomic E-state index is -0.176. The molecule has 0 aromatic heterocycles. The lowest BCUT2D eigenvalue weighted by Gasteiger charge is -2.09. The van der Waals surface area contributed by atoms with E-state index in [1.165, 1.54) is 4.90 Å². The van der Waals surface area contributed by atoms with Gasteiger partial charge in [0.2, 0.25) is 0 Å². The SMILES string of the molecule is CSc1ccc(C(Br)C(C)=O)c(I)c1. The average Bonchev–Trinajstić information content (AvgIpc) is 2.16. The number of rotatable bonds is 3. The number of hydrogen-bond donors (Lipinski definition) is 0. The number of hydrogen-bond acceptors (Lipinski definition) is 2. The van der Waals surface area contributed by atoms with Gasteiger partial charge in [0.15, 0.2) is 0 Å². The first-order valence-corrected chi connectivity index (χ1v) is 7.26. The predicted molar refractivity (Wildman–Crippen MR) is 73.3 cm³/mol. The summed E-state index contributed by atoms with van der Waals surface area (Å²) < 4.78 is 1.13. The third kappa shape index (κ3) is 2.97. The monoisotopic (exact) mass is 384 g/mol. The number of benzene rings is 1. The minimum absolute atomic E-state index is 0.139. The number of thioether (sulfide) groups is 1. The molecule has 14 heavy (non-hydrogen) atoms. The van der Waals surface area contributed by atoms with Crippen molar-refractivity contribution in [2.45, 2.75) is 16.6 Å².